The van der Waals surface area contributed by atoms with E-state index < -0.39 is 0 Å². The Morgan fingerprint density at radius 1 is 1.33 bits per heavy atom. The fourth-order valence-electron chi connectivity index (χ4n) is 3.14. The van der Waals surface area contributed by atoms with Gasteiger partial charge in [-0.15, -0.1) is 0 Å². The Labute approximate surface area is 108 Å². The van der Waals surface area contributed by atoms with Gasteiger partial charge in [-0.1, -0.05) is 29.8 Å². The molecule has 2 aliphatic heterocycles. The second-order valence-corrected chi connectivity index (χ2v) is 5.59. The smallest absolute Gasteiger partial charge is 0.225 e. The molecule has 3 unspecified atom stereocenters. The molecule has 2 aliphatic rings. The first-order valence-electron chi connectivity index (χ1n) is 6.81. The number of carbonyl (C=O) groups excluding carboxylic acids is 1. The second kappa shape index (κ2) is 4.73. The Kier molecular flexibility index (Phi) is 3.08. The lowest BCUT2D eigenvalue weighted by Crippen LogP contribution is -2.37. The first-order chi connectivity index (χ1) is 8.72. The highest BCUT2D eigenvalue weighted by Gasteiger charge is 2.42. The number of aryl methyl sites for hydroxylation is 1. The minimum absolute atomic E-state index is 0.189. The lowest BCUT2D eigenvalue weighted by atomic mass is 9.88. The van der Waals surface area contributed by atoms with Crippen molar-refractivity contribution in [1.29, 1.82) is 0 Å². The summed E-state index contributed by atoms with van der Waals surface area (Å²) in [7, 11) is 0. The van der Waals surface area contributed by atoms with Gasteiger partial charge in [-0.05, 0) is 31.7 Å². The number of benzene rings is 1. The summed E-state index contributed by atoms with van der Waals surface area (Å²) < 4.78 is 0. The van der Waals surface area contributed by atoms with Gasteiger partial charge in [-0.25, -0.2) is 0 Å². The average Bonchev–Trinajstić information content (AvgIpc) is 3.00. The van der Waals surface area contributed by atoms with E-state index >= 15 is 0 Å². The van der Waals surface area contributed by atoms with Gasteiger partial charge in [0.25, 0.3) is 0 Å². The predicted octanol–water partition coefficient (Wildman–Crippen LogP) is 1.75. The van der Waals surface area contributed by atoms with Gasteiger partial charge in [0.1, 0.15) is 0 Å². The highest BCUT2D eigenvalue weighted by atomic mass is 16.1. The molecule has 2 N–H and O–H groups in total. The van der Waals surface area contributed by atoms with Gasteiger partial charge in [0.05, 0.1) is 5.92 Å². The van der Waals surface area contributed by atoms with E-state index in [9.17, 15) is 4.79 Å². The molecule has 2 bridgehead atoms. The number of amides is 1. The van der Waals surface area contributed by atoms with E-state index in [1.54, 1.807) is 0 Å². The predicted molar refractivity (Wildman–Crippen MR) is 71.1 cm³/mol. The van der Waals surface area contributed by atoms with Crippen molar-refractivity contribution in [3.05, 3.63) is 35.4 Å². The Morgan fingerprint density at radius 3 is 2.72 bits per heavy atom. The fourth-order valence-corrected chi connectivity index (χ4v) is 3.14. The van der Waals surface area contributed by atoms with Crippen LogP contribution in [-0.4, -0.2) is 18.0 Å². The third-order valence-corrected chi connectivity index (χ3v) is 4.22. The highest BCUT2D eigenvalue weighted by molar-refractivity contribution is 5.80. The molecule has 1 aromatic rings. The van der Waals surface area contributed by atoms with Crippen LogP contribution >= 0.6 is 0 Å². The molecule has 2 saturated heterocycles. The summed E-state index contributed by atoms with van der Waals surface area (Å²) in [4.78, 5) is 12.1. The summed E-state index contributed by atoms with van der Waals surface area (Å²) in [6.45, 7) is 2.72. The molecule has 3 rings (SSSR count). The molecule has 0 saturated carbocycles. The van der Waals surface area contributed by atoms with Gasteiger partial charge in [0.15, 0.2) is 0 Å². The van der Waals surface area contributed by atoms with Crippen molar-refractivity contribution in [2.24, 2.45) is 5.92 Å². The maximum atomic E-state index is 12.1. The van der Waals surface area contributed by atoms with E-state index in [1.807, 2.05) is 0 Å². The summed E-state index contributed by atoms with van der Waals surface area (Å²) in [6, 6.07) is 9.34. The van der Waals surface area contributed by atoms with E-state index in [4.69, 9.17) is 0 Å². The van der Waals surface area contributed by atoms with Crippen LogP contribution in [0.3, 0.4) is 0 Å². The number of nitrogens with one attached hydrogen (secondary N) is 2. The quantitative estimate of drug-likeness (QED) is 0.850. The van der Waals surface area contributed by atoms with Crippen molar-refractivity contribution in [2.45, 2.75) is 44.8 Å². The second-order valence-electron chi connectivity index (χ2n) is 5.59. The summed E-state index contributed by atoms with van der Waals surface area (Å²) in [5.41, 5.74) is 2.42. The Balaban J connectivity index is 1.54. The third kappa shape index (κ3) is 2.27. The molecule has 0 aromatic heterocycles. The van der Waals surface area contributed by atoms with Gasteiger partial charge >= 0.3 is 0 Å². The number of carbonyl (C=O) groups is 1. The van der Waals surface area contributed by atoms with Crippen LogP contribution in [0.2, 0.25) is 0 Å². The molecule has 3 atom stereocenters. The Bertz CT molecular complexity index is 440. The zero-order valence-corrected chi connectivity index (χ0v) is 10.8. The van der Waals surface area contributed by atoms with Crippen LogP contribution in [0.15, 0.2) is 24.3 Å². The highest BCUT2D eigenvalue weighted by Crippen LogP contribution is 2.33. The van der Waals surface area contributed by atoms with Crippen LogP contribution in [0.5, 0.6) is 0 Å². The molecule has 1 aromatic carbocycles. The molecular formula is C15H20N2O. The van der Waals surface area contributed by atoms with Crippen LogP contribution in [-0.2, 0) is 11.3 Å². The first kappa shape index (κ1) is 11.7. The number of hydrogen-bond donors (Lipinski definition) is 2. The summed E-state index contributed by atoms with van der Waals surface area (Å²) in [5, 5.41) is 6.57. The number of fused-ring (bicyclic) bond motifs is 2. The molecule has 96 valence electrons. The van der Waals surface area contributed by atoms with E-state index in [2.05, 4.69) is 41.8 Å². The standard InChI is InChI=1S/C15H20N2O/c1-10-2-4-11(5-3-10)9-16-15(18)13-8-12-6-7-14(13)17-12/h2-5,12-14,17H,6-9H2,1H3,(H,16,18). The minimum atomic E-state index is 0.189. The Hall–Kier alpha value is -1.35. The first-order valence-corrected chi connectivity index (χ1v) is 6.81. The molecule has 1 amide bonds. The number of hydrogen-bond acceptors (Lipinski definition) is 2. The van der Waals surface area contributed by atoms with Gasteiger partial charge < -0.3 is 10.6 Å². The van der Waals surface area contributed by atoms with Gasteiger partial charge in [-0.2, -0.15) is 0 Å². The van der Waals surface area contributed by atoms with Crippen molar-refractivity contribution >= 4 is 5.91 Å². The maximum Gasteiger partial charge on any atom is 0.225 e. The Morgan fingerprint density at radius 2 is 2.11 bits per heavy atom. The van der Waals surface area contributed by atoms with E-state index in [0.717, 1.165) is 12.8 Å². The minimum Gasteiger partial charge on any atom is -0.352 e. The average molecular weight is 244 g/mol. The SMILES string of the molecule is Cc1ccc(CNC(=O)C2CC3CCC2N3)cc1. The van der Waals surface area contributed by atoms with Crippen LogP contribution < -0.4 is 10.6 Å². The lowest BCUT2D eigenvalue weighted by molar-refractivity contribution is -0.125. The zero-order chi connectivity index (χ0) is 12.5. The molecule has 18 heavy (non-hydrogen) atoms. The monoisotopic (exact) mass is 244 g/mol. The molecule has 3 nitrogen and oxygen atoms in total. The van der Waals surface area contributed by atoms with Crippen LogP contribution in [0.4, 0.5) is 0 Å². The van der Waals surface area contributed by atoms with Crippen LogP contribution in [0.1, 0.15) is 30.4 Å². The van der Waals surface area contributed by atoms with E-state index in [1.165, 1.54) is 17.5 Å². The molecule has 0 radical (unpaired) electrons. The molecule has 0 spiro atoms. The molecule has 3 heteroatoms. The summed E-state index contributed by atoms with van der Waals surface area (Å²) in [5.74, 6) is 0.407. The number of rotatable bonds is 3. The molecule has 2 heterocycles. The van der Waals surface area contributed by atoms with Crippen molar-refractivity contribution in [2.75, 3.05) is 0 Å². The zero-order valence-electron chi connectivity index (χ0n) is 10.8. The van der Waals surface area contributed by atoms with Crippen LogP contribution in [0, 0.1) is 12.8 Å². The lowest BCUT2D eigenvalue weighted by Gasteiger charge is -2.19. The van der Waals surface area contributed by atoms with Crippen molar-refractivity contribution in [3.63, 3.8) is 0 Å². The van der Waals surface area contributed by atoms with E-state index in [-0.39, 0.29) is 11.8 Å². The van der Waals surface area contributed by atoms with Crippen molar-refractivity contribution in [3.8, 4) is 0 Å². The summed E-state index contributed by atoms with van der Waals surface area (Å²) in [6.07, 6.45) is 3.42. The maximum absolute atomic E-state index is 12.1. The normalized spacial score (nSPS) is 29.5. The fraction of sp³-hybridized carbons (Fsp3) is 0.533. The molecule has 0 aliphatic carbocycles. The van der Waals surface area contributed by atoms with Gasteiger partial charge in [0.2, 0.25) is 5.91 Å². The topological polar surface area (TPSA) is 41.1 Å². The third-order valence-electron chi connectivity index (χ3n) is 4.22. The molecule has 2 fully saturated rings. The van der Waals surface area contributed by atoms with Crippen molar-refractivity contribution < 1.29 is 4.79 Å². The largest absolute Gasteiger partial charge is 0.352 e. The van der Waals surface area contributed by atoms with Crippen LogP contribution in [0.25, 0.3) is 0 Å². The summed E-state index contributed by atoms with van der Waals surface area (Å²) >= 11 is 0. The van der Waals surface area contributed by atoms with Crippen molar-refractivity contribution in [1.82, 2.24) is 10.6 Å². The van der Waals surface area contributed by atoms with Gasteiger partial charge in [-0.3, -0.25) is 4.79 Å². The molecular weight excluding hydrogens is 224 g/mol. The van der Waals surface area contributed by atoms with Gasteiger partial charge in [0, 0.05) is 18.6 Å². The van der Waals surface area contributed by atoms with E-state index in [0.29, 0.717) is 18.6 Å².